The maximum absolute atomic E-state index is 5.99. The molecule has 5 aromatic heterocycles. The molecule has 0 fully saturated rings. The Hall–Kier alpha value is -6.12. The maximum atomic E-state index is 5.99. The van der Waals surface area contributed by atoms with E-state index in [0.29, 0.717) is 57.3 Å². The van der Waals surface area contributed by atoms with Crippen LogP contribution in [0.4, 0.5) is 0 Å². The highest BCUT2D eigenvalue weighted by atomic mass is 16.4. The first-order valence-electron chi connectivity index (χ1n) is 12.6. The van der Waals surface area contributed by atoms with E-state index in [-0.39, 0.29) is 5.89 Å². The van der Waals surface area contributed by atoms with Gasteiger partial charge in [-0.25, -0.2) is 9.97 Å². The van der Waals surface area contributed by atoms with Crippen LogP contribution >= 0.6 is 0 Å². The third-order valence-electron chi connectivity index (χ3n) is 6.05. The molecule has 0 bridgehead atoms. The van der Waals surface area contributed by atoms with Crippen LogP contribution in [-0.2, 0) is 0 Å². The third-order valence-corrected chi connectivity index (χ3v) is 6.05. The smallest absolute Gasteiger partial charge is 0.266 e. The van der Waals surface area contributed by atoms with Gasteiger partial charge >= 0.3 is 0 Å². The molecular formula is C31H18N8O2. The van der Waals surface area contributed by atoms with Crippen molar-refractivity contribution in [2.24, 2.45) is 4.99 Å². The van der Waals surface area contributed by atoms with Crippen LogP contribution in [0.1, 0.15) is 5.69 Å². The number of hydrogen-bond donors (Lipinski definition) is 0. The molecule has 0 atom stereocenters. The predicted molar refractivity (Wildman–Crippen MR) is 152 cm³/mol. The van der Waals surface area contributed by atoms with E-state index in [2.05, 4.69) is 46.1 Å². The van der Waals surface area contributed by atoms with Gasteiger partial charge in [-0.1, -0.05) is 24.3 Å². The highest BCUT2D eigenvalue weighted by Gasteiger charge is 2.17. The molecule has 6 aromatic rings. The highest BCUT2D eigenvalue weighted by molar-refractivity contribution is 5.81. The Balaban J connectivity index is 1.14. The van der Waals surface area contributed by atoms with E-state index in [0.717, 1.165) is 5.69 Å². The second kappa shape index (κ2) is 10.6. The number of hydrogen-bond acceptors (Lipinski definition) is 10. The molecule has 10 heteroatoms. The molecule has 0 saturated carbocycles. The highest BCUT2D eigenvalue weighted by Crippen LogP contribution is 2.29. The summed E-state index contributed by atoms with van der Waals surface area (Å²) in [5.74, 6) is 1.26. The van der Waals surface area contributed by atoms with Crippen LogP contribution in [0.15, 0.2) is 123 Å². The number of pyridine rings is 3. The fourth-order valence-electron chi connectivity index (χ4n) is 4.12. The van der Waals surface area contributed by atoms with E-state index in [9.17, 15) is 0 Å². The van der Waals surface area contributed by atoms with E-state index in [1.54, 1.807) is 24.6 Å². The van der Waals surface area contributed by atoms with Crippen molar-refractivity contribution in [3.8, 4) is 57.5 Å². The number of benzene rings is 1. The molecule has 7 rings (SSSR count). The van der Waals surface area contributed by atoms with E-state index in [1.165, 1.54) is 0 Å². The number of allylic oxidation sites excluding steroid dienone is 2. The fourth-order valence-corrected chi connectivity index (χ4v) is 4.12. The Morgan fingerprint density at radius 2 is 1.15 bits per heavy atom. The largest absolute Gasteiger partial charge is 0.415 e. The Bertz CT molecular complexity index is 2000. The van der Waals surface area contributed by atoms with E-state index < -0.39 is 0 Å². The normalized spacial score (nSPS) is 12.3. The fraction of sp³-hybridized carbons (Fsp3) is 0. The van der Waals surface area contributed by atoms with Crippen LogP contribution in [0.5, 0.6) is 0 Å². The van der Waals surface area contributed by atoms with Gasteiger partial charge in [-0.2, -0.15) is 0 Å². The van der Waals surface area contributed by atoms with Crippen molar-refractivity contribution in [1.29, 1.82) is 0 Å². The molecule has 10 nitrogen and oxygen atoms in total. The zero-order chi connectivity index (χ0) is 27.4. The van der Waals surface area contributed by atoms with Crippen molar-refractivity contribution in [1.82, 2.24) is 35.3 Å². The molecular weight excluding hydrogens is 516 g/mol. The van der Waals surface area contributed by atoms with Gasteiger partial charge in [0.05, 0.1) is 22.8 Å². The average molecular weight is 535 g/mol. The lowest BCUT2D eigenvalue weighted by Crippen LogP contribution is -1.91. The van der Waals surface area contributed by atoms with Crippen molar-refractivity contribution < 1.29 is 8.83 Å². The lowest BCUT2D eigenvalue weighted by atomic mass is 10.1. The monoisotopic (exact) mass is 534 g/mol. The summed E-state index contributed by atoms with van der Waals surface area (Å²) in [6.45, 7) is 0. The number of aliphatic imine (C=N–C) groups is 1. The molecule has 1 aliphatic rings. The van der Waals surface area contributed by atoms with E-state index in [1.807, 2.05) is 84.9 Å². The summed E-state index contributed by atoms with van der Waals surface area (Å²) in [6, 6.07) is 24.2. The van der Waals surface area contributed by atoms with Gasteiger partial charge < -0.3 is 8.83 Å². The number of rotatable bonds is 6. The summed E-state index contributed by atoms with van der Waals surface area (Å²) in [4.78, 5) is 18.0. The van der Waals surface area contributed by atoms with Crippen molar-refractivity contribution in [2.45, 2.75) is 0 Å². The first-order valence-corrected chi connectivity index (χ1v) is 12.6. The predicted octanol–water partition coefficient (Wildman–Crippen LogP) is 6.11. The Morgan fingerprint density at radius 3 is 1.85 bits per heavy atom. The van der Waals surface area contributed by atoms with Gasteiger partial charge in [0, 0.05) is 23.5 Å². The molecule has 41 heavy (non-hydrogen) atoms. The molecule has 0 N–H and O–H groups in total. The van der Waals surface area contributed by atoms with Gasteiger partial charge in [-0.05, 0) is 72.8 Å². The third kappa shape index (κ3) is 5.01. The van der Waals surface area contributed by atoms with Crippen LogP contribution in [0.3, 0.4) is 0 Å². The second-order valence-electron chi connectivity index (χ2n) is 8.77. The molecule has 194 valence electrons. The summed E-state index contributed by atoms with van der Waals surface area (Å²) in [6.07, 6.45) is 8.76. The SMILES string of the molecule is C1=CC=NC(c2cccc(-c3nnc(-c4cccc(-c5nnc(-c6cccc(-c7ccccn7)n6)o5)c4)o3)n2)=CC=1. The van der Waals surface area contributed by atoms with Crippen LogP contribution < -0.4 is 0 Å². The molecule has 0 saturated heterocycles. The quantitative estimate of drug-likeness (QED) is 0.232. The standard InChI is InChI=1S/C31H18N8O2/c1-2-11-22(32-17-4-1)24-13-7-15-26(34-24)30-38-36-28(40-30)20-9-6-10-21(19-20)29-37-39-31(41-29)27-16-8-14-25(35-27)23-12-3-5-18-33-23/h2-19H. The van der Waals surface area contributed by atoms with Gasteiger partial charge in [-0.3, -0.25) is 9.98 Å². The Labute approximate surface area is 233 Å². The zero-order valence-corrected chi connectivity index (χ0v) is 21.3. The molecule has 0 aliphatic carbocycles. The molecule has 0 spiro atoms. The number of aromatic nitrogens is 7. The minimum absolute atomic E-state index is 0.290. The topological polar surface area (TPSA) is 129 Å². The summed E-state index contributed by atoms with van der Waals surface area (Å²) in [5, 5.41) is 16.9. The summed E-state index contributed by atoms with van der Waals surface area (Å²) in [7, 11) is 0. The van der Waals surface area contributed by atoms with Crippen molar-refractivity contribution in [3.63, 3.8) is 0 Å². The molecule has 0 unspecified atom stereocenters. The molecule has 0 radical (unpaired) electrons. The Kier molecular flexibility index (Phi) is 6.17. The van der Waals surface area contributed by atoms with Gasteiger partial charge in [0.1, 0.15) is 11.4 Å². The lowest BCUT2D eigenvalue weighted by Gasteiger charge is -2.02. The van der Waals surface area contributed by atoms with Crippen molar-refractivity contribution in [3.05, 3.63) is 115 Å². The summed E-state index contributed by atoms with van der Waals surface area (Å²) in [5.41, 5.74) is 8.32. The van der Waals surface area contributed by atoms with Gasteiger partial charge in [0.2, 0.25) is 11.8 Å². The second-order valence-corrected chi connectivity index (χ2v) is 8.77. The van der Waals surface area contributed by atoms with Crippen LogP contribution in [0, 0.1) is 0 Å². The zero-order valence-electron chi connectivity index (χ0n) is 21.3. The molecule has 1 aliphatic heterocycles. The van der Waals surface area contributed by atoms with Gasteiger partial charge in [-0.15, -0.1) is 26.1 Å². The van der Waals surface area contributed by atoms with Crippen LogP contribution in [0.2, 0.25) is 0 Å². The summed E-state index contributed by atoms with van der Waals surface area (Å²) < 4.78 is 12.0. The van der Waals surface area contributed by atoms with Crippen LogP contribution in [0.25, 0.3) is 63.2 Å². The average Bonchev–Trinajstić information content (AvgIpc) is 3.67. The Morgan fingerprint density at radius 1 is 0.537 bits per heavy atom. The molecule has 0 amide bonds. The number of nitrogens with zero attached hydrogens (tertiary/aromatic N) is 8. The van der Waals surface area contributed by atoms with E-state index in [4.69, 9.17) is 8.83 Å². The minimum atomic E-state index is 0.290. The van der Waals surface area contributed by atoms with Gasteiger partial charge in [0.15, 0.2) is 0 Å². The first kappa shape index (κ1) is 24.0. The lowest BCUT2D eigenvalue weighted by molar-refractivity contribution is 0.580. The molecule has 6 heterocycles. The molecule has 1 aromatic carbocycles. The van der Waals surface area contributed by atoms with Crippen molar-refractivity contribution in [2.75, 3.05) is 0 Å². The van der Waals surface area contributed by atoms with E-state index >= 15 is 0 Å². The van der Waals surface area contributed by atoms with Crippen molar-refractivity contribution >= 4 is 11.9 Å². The van der Waals surface area contributed by atoms with Gasteiger partial charge in [0.25, 0.3) is 11.8 Å². The summed E-state index contributed by atoms with van der Waals surface area (Å²) >= 11 is 0. The first-order chi connectivity index (χ1) is 20.3. The van der Waals surface area contributed by atoms with Crippen LogP contribution in [-0.4, -0.2) is 41.6 Å². The minimum Gasteiger partial charge on any atom is -0.415 e. The maximum Gasteiger partial charge on any atom is 0.266 e.